The molecule has 1 atom stereocenters. The maximum absolute atomic E-state index is 9.95. The third-order valence-corrected chi connectivity index (χ3v) is 3.58. The molecule has 0 radical (unpaired) electrons. The fraction of sp³-hybridized carbons (Fsp3) is 0.368. The van der Waals surface area contributed by atoms with Crippen LogP contribution in [-0.4, -0.2) is 42.9 Å². The summed E-state index contributed by atoms with van der Waals surface area (Å²) >= 11 is 0. The standard InChI is InChI=1S/C19H25NO2/c1-3-22-15-18(21)14-20(2)13-17-11-7-8-12-19(17)16-9-5-4-6-10-16/h4-12,18,21H,3,13-15H2,1-2H3. The third kappa shape index (κ3) is 4.95. The van der Waals surface area contributed by atoms with Crippen molar-refractivity contribution in [3.05, 3.63) is 60.2 Å². The quantitative estimate of drug-likeness (QED) is 0.812. The van der Waals surface area contributed by atoms with Crippen LogP contribution in [-0.2, 0) is 11.3 Å². The molecule has 3 nitrogen and oxygen atoms in total. The number of rotatable bonds is 8. The first-order chi connectivity index (χ1) is 10.7. The highest BCUT2D eigenvalue weighted by Crippen LogP contribution is 2.24. The van der Waals surface area contributed by atoms with Crippen LogP contribution in [0.5, 0.6) is 0 Å². The molecule has 0 saturated carbocycles. The Labute approximate surface area is 133 Å². The van der Waals surface area contributed by atoms with E-state index in [0.717, 1.165) is 6.54 Å². The van der Waals surface area contributed by atoms with Crippen molar-refractivity contribution >= 4 is 0 Å². The van der Waals surface area contributed by atoms with Crippen molar-refractivity contribution < 1.29 is 9.84 Å². The first kappa shape index (κ1) is 16.7. The van der Waals surface area contributed by atoms with Crippen molar-refractivity contribution in [2.24, 2.45) is 0 Å². The Bertz CT molecular complexity index is 556. The van der Waals surface area contributed by atoms with E-state index in [-0.39, 0.29) is 0 Å². The van der Waals surface area contributed by atoms with Gasteiger partial charge in [0.25, 0.3) is 0 Å². The van der Waals surface area contributed by atoms with Crippen molar-refractivity contribution in [3.63, 3.8) is 0 Å². The van der Waals surface area contributed by atoms with Gasteiger partial charge in [0, 0.05) is 19.7 Å². The van der Waals surface area contributed by atoms with E-state index in [1.807, 2.05) is 20.0 Å². The van der Waals surface area contributed by atoms with Crippen molar-refractivity contribution in [3.8, 4) is 11.1 Å². The fourth-order valence-corrected chi connectivity index (χ4v) is 2.58. The second-order valence-corrected chi connectivity index (χ2v) is 5.53. The van der Waals surface area contributed by atoms with Gasteiger partial charge in [0.15, 0.2) is 0 Å². The fourth-order valence-electron chi connectivity index (χ4n) is 2.58. The largest absolute Gasteiger partial charge is 0.389 e. The molecule has 118 valence electrons. The van der Waals surface area contributed by atoms with Crippen LogP contribution in [0.25, 0.3) is 11.1 Å². The van der Waals surface area contributed by atoms with Gasteiger partial charge >= 0.3 is 0 Å². The Balaban J connectivity index is 2.04. The predicted molar refractivity (Wildman–Crippen MR) is 90.7 cm³/mol. The van der Waals surface area contributed by atoms with Crippen molar-refractivity contribution in [2.45, 2.75) is 19.6 Å². The Hall–Kier alpha value is -1.68. The maximum atomic E-state index is 9.95. The average Bonchev–Trinajstić information content (AvgIpc) is 2.54. The van der Waals surface area contributed by atoms with Crippen molar-refractivity contribution in [1.82, 2.24) is 4.90 Å². The zero-order valence-corrected chi connectivity index (χ0v) is 13.4. The Morgan fingerprint density at radius 3 is 2.45 bits per heavy atom. The van der Waals surface area contributed by atoms with Gasteiger partial charge in [0.2, 0.25) is 0 Å². The predicted octanol–water partition coefficient (Wildman–Crippen LogP) is 3.18. The summed E-state index contributed by atoms with van der Waals surface area (Å²) in [6.45, 7) is 4.36. The molecule has 22 heavy (non-hydrogen) atoms. The van der Waals surface area contributed by atoms with E-state index in [9.17, 15) is 5.11 Å². The maximum Gasteiger partial charge on any atom is 0.0900 e. The van der Waals surface area contributed by atoms with Gasteiger partial charge in [-0.15, -0.1) is 0 Å². The highest BCUT2D eigenvalue weighted by Gasteiger charge is 2.11. The first-order valence-corrected chi connectivity index (χ1v) is 7.78. The van der Waals surface area contributed by atoms with E-state index in [2.05, 4.69) is 53.4 Å². The molecule has 0 amide bonds. The molecule has 0 aliphatic heterocycles. The minimum atomic E-state index is -0.450. The lowest BCUT2D eigenvalue weighted by Crippen LogP contribution is -2.32. The van der Waals surface area contributed by atoms with Crippen LogP contribution < -0.4 is 0 Å². The molecular formula is C19H25NO2. The molecule has 0 fully saturated rings. The van der Waals surface area contributed by atoms with Crippen LogP contribution in [0.4, 0.5) is 0 Å². The summed E-state index contributed by atoms with van der Waals surface area (Å²) in [6, 6.07) is 18.8. The highest BCUT2D eigenvalue weighted by molar-refractivity contribution is 5.67. The van der Waals surface area contributed by atoms with Gasteiger partial charge in [-0.25, -0.2) is 0 Å². The van der Waals surface area contributed by atoms with Gasteiger partial charge in [-0.1, -0.05) is 54.6 Å². The number of likely N-dealkylation sites (N-methyl/N-ethyl adjacent to an activating group) is 1. The number of nitrogens with zero attached hydrogens (tertiary/aromatic N) is 1. The molecule has 0 saturated heterocycles. The lowest BCUT2D eigenvalue weighted by Gasteiger charge is -2.22. The molecule has 0 bridgehead atoms. The summed E-state index contributed by atoms with van der Waals surface area (Å²) in [5.74, 6) is 0. The monoisotopic (exact) mass is 299 g/mol. The number of hydrogen-bond acceptors (Lipinski definition) is 3. The minimum Gasteiger partial charge on any atom is -0.389 e. The summed E-state index contributed by atoms with van der Waals surface area (Å²) in [5, 5.41) is 9.95. The second-order valence-electron chi connectivity index (χ2n) is 5.53. The summed E-state index contributed by atoms with van der Waals surface area (Å²) < 4.78 is 5.26. The minimum absolute atomic E-state index is 0.390. The van der Waals surface area contributed by atoms with Crippen LogP contribution >= 0.6 is 0 Å². The molecule has 3 heteroatoms. The van der Waals surface area contributed by atoms with Crippen molar-refractivity contribution in [1.29, 1.82) is 0 Å². The van der Waals surface area contributed by atoms with Gasteiger partial charge in [0.1, 0.15) is 0 Å². The van der Waals surface area contributed by atoms with Crippen LogP contribution in [0.1, 0.15) is 12.5 Å². The van der Waals surface area contributed by atoms with E-state index in [1.54, 1.807) is 0 Å². The SMILES string of the molecule is CCOCC(O)CN(C)Cc1ccccc1-c1ccccc1. The van der Waals surface area contributed by atoms with E-state index >= 15 is 0 Å². The molecule has 2 aromatic carbocycles. The lowest BCUT2D eigenvalue weighted by molar-refractivity contribution is 0.0244. The molecule has 0 heterocycles. The van der Waals surface area contributed by atoms with E-state index in [1.165, 1.54) is 16.7 Å². The molecule has 2 rings (SSSR count). The molecule has 1 N–H and O–H groups in total. The van der Waals surface area contributed by atoms with Gasteiger partial charge in [0.05, 0.1) is 12.7 Å². The zero-order valence-electron chi connectivity index (χ0n) is 13.4. The van der Waals surface area contributed by atoms with E-state index < -0.39 is 6.10 Å². The zero-order chi connectivity index (χ0) is 15.8. The number of benzene rings is 2. The van der Waals surface area contributed by atoms with Crippen LogP contribution in [0.3, 0.4) is 0 Å². The van der Waals surface area contributed by atoms with Gasteiger partial charge in [-0.05, 0) is 30.7 Å². The normalized spacial score (nSPS) is 12.5. The number of aliphatic hydroxyl groups is 1. The lowest BCUT2D eigenvalue weighted by atomic mass is 9.99. The highest BCUT2D eigenvalue weighted by atomic mass is 16.5. The van der Waals surface area contributed by atoms with Gasteiger partial charge < -0.3 is 9.84 Å². The number of hydrogen-bond donors (Lipinski definition) is 1. The second kappa shape index (κ2) is 8.69. The number of aliphatic hydroxyl groups excluding tert-OH is 1. The van der Waals surface area contributed by atoms with Crippen LogP contribution in [0.15, 0.2) is 54.6 Å². The number of ether oxygens (including phenoxy) is 1. The Morgan fingerprint density at radius 1 is 1.05 bits per heavy atom. The average molecular weight is 299 g/mol. The molecule has 1 unspecified atom stereocenters. The smallest absolute Gasteiger partial charge is 0.0900 e. The molecular weight excluding hydrogens is 274 g/mol. The Morgan fingerprint density at radius 2 is 1.73 bits per heavy atom. The summed E-state index contributed by atoms with van der Waals surface area (Å²) in [5.41, 5.74) is 3.73. The summed E-state index contributed by atoms with van der Waals surface area (Å²) in [6.07, 6.45) is -0.450. The Kier molecular flexibility index (Phi) is 6.59. The van der Waals surface area contributed by atoms with Gasteiger partial charge in [-0.2, -0.15) is 0 Å². The topological polar surface area (TPSA) is 32.7 Å². The molecule has 2 aromatic rings. The molecule has 0 spiro atoms. The van der Waals surface area contributed by atoms with E-state index in [0.29, 0.717) is 19.8 Å². The molecule has 0 aliphatic rings. The summed E-state index contributed by atoms with van der Waals surface area (Å²) in [4.78, 5) is 2.13. The van der Waals surface area contributed by atoms with Crippen LogP contribution in [0.2, 0.25) is 0 Å². The van der Waals surface area contributed by atoms with Crippen LogP contribution in [0, 0.1) is 0 Å². The molecule has 0 aliphatic carbocycles. The summed E-state index contributed by atoms with van der Waals surface area (Å²) in [7, 11) is 2.02. The van der Waals surface area contributed by atoms with Crippen molar-refractivity contribution in [2.75, 3.05) is 26.8 Å². The van der Waals surface area contributed by atoms with E-state index in [4.69, 9.17) is 4.74 Å². The first-order valence-electron chi connectivity index (χ1n) is 7.78. The molecule has 0 aromatic heterocycles. The van der Waals surface area contributed by atoms with Gasteiger partial charge in [-0.3, -0.25) is 4.90 Å². The third-order valence-electron chi connectivity index (χ3n) is 3.58.